The Hall–Kier alpha value is -9.81. The Balaban J connectivity index is 0.925. The first-order chi connectivity index (χ1) is 47.5. The molecule has 0 radical (unpaired) electrons. The van der Waals surface area contributed by atoms with Gasteiger partial charge in [-0.15, -0.1) is 10.2 Å². The molecule has 9 rings (SSSR count). The molecule has 15 N–H and O–H groups in total. The summed E-state index contributed by atoms with van der Waals surface area (Å²) >= 11 is 0.0524. The van der Waals surface area contributed by atoms with Crippen LogP contribution in [-0.2, 0) is 49.4 Å². The van der Waals surface area contributed by atoms with Crippen LogP contribution in [0.1, 0.15) is 61.9 Å². The predicted molar refractivity (Wildman–Crippen MR) is 347 cm³/mol. The number of amides is 8. The minimum absolute atomic E-state index is 0.0510. The number of aliphatic hydroxyl groups is 6. The van der Waals surface area contributed by atoms with Gasteiger partial charge in [-0.2, -0.15) is 0 Å². The molecule has 6 aromatic rings. The van der Waals surface area contributed by atoms with Crippen LogP contribution < -0.4 is 46.0 Å². The van der Waals surface area contributed by atoms with E-state index in [9.17, 15) is 74.1 Å². The van der Waals surface area contributed by atoms with Crippen LogP contribution in [0.25, 0.3) is 34.0 Å². The first-order valence-corrected chi connectivity index (χ1v) is 32.2. The highest BCUT2D eigenvalue weighted by Crippen LogP contribution is 2.33. The third-order valence-corrected chi connectivity index (χ3v) is 17.1. The van der Waals surface area contributed by atoms with Crippen LogP contribution in [-0.4, -0.2) is 214 Å². The van der Waals surface area contributed by atoms with E-state index < -0.39 is 177 Å². The van der Waals surface area contributed by atoms with Crippen LogP contribution in [0.15, 0.2) is 126 Å². The van der Waals surface area contributed by atoms with E-state index in [2.05, 4.69) is 46.2 Å². The summed E-state index contributed by atoms with van der Waals surface area (Å²) in [4.78, 5) is 115. The highest BCUT2D eigenvalue weighted by molar-refractivity contribution is 7.90. The van der Waals surface area contributed by atoms with E-state index in [1.807, 2.05) is 78.9 Å². The van der Waals surface area contributed by atoms with Crippen molar-refractivity contribution in [1.29, 1.82) is 0 Å². The average molecular weight is 1390 g/mol. The number of aromatic nitrogens is 2. The minimum atomic E-state index is -2.23. The largest absolute Gasteiger partial charge is 0.504 e. The summed E-state index contributed by atoms with van der Waals surface area (Å²) in [7, 11) is 0. The fourth-order valence-corrected chi connectivity index (χ4v) is 11.8. The number of nitrogens with zero attached hydrogens (tertiary/aromatic N) is 4. The Bertz CT molecular complexity index is 3780. The number of primary amides is 1. The van der Waals surface area contributed by atoms with Crippen molar-refractivity contribution in [2.45, 2.75) is 125 Å². The number of nitrogens with two attached hydrogens (primary N) is 1. The molecular formula is C66H76N10O22S. The fourth-order valence-electron chi connectivity index (χ4n) is 11.5. The summed E-state index contributed by atoms with van der Waals surface area (Å²) in [6.45, 7) is 1.93. The van der Waals surface area contributed by atoms with Gasteiger partial charge in [0, 0.05) is 61.5 Å². The molecule has 0 aliphatic carbocycles. The standard InChI is InChI=1S/C66H76N10O22S/c1-34-32-76-56(57(34)84)62(89)68-31-42(78)28-46(69-58(85)39-13-17-41(18-14-39)64-74-73-63(95-64)40-15-11-37(12-16-40)38-19-21-45(22-20-38)94-25-7-6-24-93-44-8-4-3-5-9-44)59(86)70-53(35(2)77)65(90)75-33-43(79)29-47(75)60(87)71-54(61(88)72-55(66(76)91)50(82)30-52(67)83)49(81)26-36-10-23-48(80)51(27-36)96-99-98-97-92/h3-5,8-23,27,34-35,42-43,46-47,49-50,53-57,77-82,84,92H,6-7,24-26,28-33H2,1-2H3,(H2,67,83)(H,68,89)(H,69,85)(H,70,86)(H,71,87)(H,72,88)/t34?,35?,42?,43?,46-,47?,49?,50?,53?,54?,55?,56?,57?/m0/s1. The molecule has 0 bridgehead atoms. The quantitative estimate of drug-likeness (QED) is 0.0176. The number of fused-ring (bicyclic) bond motifs is 2. The normalized spacial score (nSPS) is 23.6. The maximum atomic E-state index is 14.7. The molecule has 13 atom stereocenters. The van der Waals surface area contributed by atoms with Crippen LogP contribution in [0, 0.1) is 5.92 Å². The molecule has 8 amide bonds. The summed E-state index contributed by atoms with van der Waals surface area (Å²) in [6.07, 6.45) is -12.1. The van der Waals surface area contributed by atoms with E-state index >= 15 is 0 Å². The highest BCUT2D eigenvalue weighted by Gasteiger charge is 2.50. The number of carbonyl (C=O) groups excluding carboxylic acids is 8. The van der Waals surface area contributed by atoms with Crippen molar-refractivity contribution in [2.75, 3.05) is 32.8 Å². The number of unbranched alkanes of at least 4 members (excludes halogenated alkanes) is 1. The predicted octanol–water partition coefficient (Wildman–Crippen LogP) is 0.201. The number of phenols is 1. The smallest absolute Gasteiger partial charge is 0.261 e. The average Bonchev–Trinajstić information content (AvgIpc) is 1.64. The topological polar surface area (TPSA) is 476 Å². The minimum Gasteiger partial charge on any atom is -0.504 e. The van der Waals surface area contributed by atoms with Gasteiger partial charge in [-0.25, -0.2) is 5.26 Å². The van der Waals surface area contributed by atoms with E-state index in [-0.39, 0.29) is 41.0 Å². The fraction of sp³-hybridized carbons (Fsp3) is 0.394. The zero-order valence-corrected chi connectivity index (χ0v) is 54.2. The number of hydrogen-bond acceptors (Lipinski definition) is 25. The molecule has 3 aliphatic heterocycles. The van der Waals surface area contributed by atoms with Gasteiger partial charge in [0.05, 0.1) is 56.3 Å². The third kappa shape index (κ3) is 19.1. The number of aromatic hydroxyl groups is 1. The van der Waals surface area contributed by atoms with E-state index in [0.717, 1.165) is 64.3 Å². The zero-order valence-electron chi connectivity index (χ0n) is 53.4. The van der Waals surface area contributed by atoms with E-state index in [0.29, 0.717) is 24.3 Å². The molecule has 3 saturated heterocycles. The number of carbonyl (C=O) groups is 8. The summed E-state index contributed by atoms with van der Waals surface area (Å²) < 4.78 is 27.0. The van der Waals surface area contributed by atoms with Crippen LogP contribution in [0.2, 0.25) is 0 Å². The molecule has 3 aliphatic rings. The molecule has 1 aromatic heterocycles. The molecule has 0 spiro atoms. The van der Waals surface area contributed by atoms with Gasteiger partial charge in [0.1, 0.15) is 47.8 Å². The Morgan fingerprint density at radius 3 is 1.90 bits per heavy atom. The van der Waals surface area contributed by atoms with E-state index in [1.165, 1.54) is 37.3 Å². The lowest BCUT2D eigenvalue weighted by Crippen LogP contribution is -2.64. The number of aliphatic hydroxyl groups excluding tert-OH is 6. The van der Waals surface area contributed by atoms with Gasteiger partial charge in [-0.3, -0.25) is 38.4 Å². The lowest BCUT2D eigenvalue weighted by Gasteiger charge is -2.33. The third-order valence-electron chi connectivity index (χ3n) is 16.8. The second-order valence-electron chi connectivity index (χ2n) is 24.1. The molecule has 99 heavy (non-hydrogen) atoms. The Labute approximate surface area is 570 Å². The first-order valence-electron chi connectivity index (χ1n) is 31.5. The van der Waals surface area contributed by atoms with E-state index in [4.69, 9.17) is 29.1 Å². The van der Waals surface area contributed by atoms with Crippen molar-refractivity contribution in [1.82, 2.24) is 46.6 Å². The molecule has 33 heteroatoms. The van der Waals surface area contributed by atoms with Crippen molar-refractivity contribution in [3.63, 3.8) is 0 Å². The Kier molecular flexibility index (Phi) is 25.3. The Morgan fingerprint density at radius 1 is 0.687 bits per heavy atom. The number of nitrogens with one attached hydrogen (secondary N) is 5. The van der Waals surface area contributed by atoms with Gasteiger partial charge in [0.2, 0.25) is 53.1 Å². The van der Waals surface area contributed by atoms with Gasteiger partial charge in [0.15, 0.2) is 11.5 Å². The van der Waals surface area contributed by atoms with Crippen LogP contribution in [0.5, 0.6) is 23.0 Å². The maximum Gasteiger partial charge on any atom is 0.261 e. The maximum absolute atomic E-state index is 14.7. The van der Waals surface area contributed by atoms with Crippen LogP contribution in [0.4, 0.5) is 0 Å². The number of β-amino-alcohol motifs (C(OH)–C–C–N with tert-alkyl or cyclic N) is 1. The van der Waals surface area contributed by atoms with Crippen molar-refractivity contribution in [2.24, 2.45) is 11.7 Å². The van der Waals surface area contributed by atoms with Gasteiger partial charge >= 0.3 is 0 Å². The number of hydrogen-bond donors (Lipinski definition) is 14. The number of para-hydroxylation sites is 1. The molecule has 0 saturated carbocycles. The molecule has 4 heterocycles. The monoisotopic (exact) mass is 1390 g/mol. The molecule has 528 valence electrons. The first kappa shape index (κ1) is 73.4. The second-order valence-corrected chi connectivity index (χ2v) is 24.5. The highest BCUT2D eigenvalue weighted by atomic mass is 32.2. The lowest BCUT2D eigenvalue weighted by molar-refractivity contribution is -0.433. The molecule has 12 unspecified atom stereocenters. The molecule has 5 aromatic carbocycles. The van der Waals surface area contributed by atoms with Crippen LogP contribution >= 0.6 is 12.3 Å². The summed E-state index contributed by atoms with van der Waals surface area (Å²) in [6, 6.07) is 22.2. The summed E-state index contributed by atoms with van der Waals surface area (Å²) in [5.74, 6) is -9.41. The van der Waals surface area contributed by atoms with Crippen molar-refractivity contribution < 1.29 is 107 Å². The summed E-state index contributed by atoms with van der Waals surface area (Å²) in [5.41, 5.74) is 8.30. The number of phenolic OH excluding ortho intramolecular Hbond substituents is 1. The van der Waals surface area contributed by atoms with Crippen molar-refractivity contribution >= 4 is 59.6 Å². The molecule has 3 fully saturated rings. The summed E-state index contributed by atoms with van der Waals surface area (Å²) in [5, 5.41) is 111. The van der Waals surface area contributed by atoms with Crippen molar-refractivity contribution in [3.05, 3.63) is 132 Å². The lowest BCUT2D eigenvalue weighted by atomic mass is 9.98. The second kappa shape index (κ2) is 34.1. The van der Waals surface area contributed by atoms with Gasteiger partial charge in [-0.05, 0) is 109 Å². The number of rotatable bonds is 23. The SMILES string of the molecule is CC(O)C1NC(=O)[C@@H](NC(=O)c2ccc(-c3nnc(-c4ccc(-c5ccc(OCCCCOc6ccccc6)cc5)cc4)o3)cc2)CC(O)CNC(=O)C2C(O)C(C)CN2C(=O)C(C(O)CC(N)=O)NC(=O)C(C(O)Cc2ccc(O)c(OSOOO)c2)NC(=O)C2CC(O)CN2C1=O. The van der Waals surface area contributed by atoms with Gasteiger partial charge in [0.25, 0.3) is 18.2 Å². The zero-order chi connectivity index (χ0) is 71.0. The number of benzene rings is 5. The Morgan fingerprint density at radius 2 is 1.27 bits per heavy atom. The number of ether oxygens (including phenoxy) is 2. The van der Waals surface area contributed by atoms with Gasteiger partial charge in [-0.1, -0.05) is 64.8 Å². The van der Waals surface area contributed by atoms with Crippen LogP contribution in [0.3, 0.4) is 0 Å². The molecular weight excluding hydrogens is 1320 g/mol. The van der Waals surface area contributed by atoms with Crippen molar-refractivity contribution in [3.8, 4) is 57.0 Å². The molecule has 32 nitrogen and oxygen atoms in total. The van der Waals surface area contributed by atoms with E-state index in [1.54, 1.807) is 0 Å². The van der Waals surface area contributed by atoms with Gasteiger partial charge < -0.3 is 95.9 Å².